The predicted octanol–water partition coefficient (Wildman–Crippen LogP) is 2.96. The number of rotatable bonds is 3. The molecule has 1 aliphatic rings. The highest BCUT2D eigenvalue weighted by molar-refractivity contribution is 6.31. The van der Waals surface area contributed by atoms with Crippen LogP contribution in [-0.4, -0.2) is 37.1 Å². The van der Waals surface area contributed by atoms with E-state index < -0.39 is 5.82 Å². The zero-order valence-corrected chi connectivity index (χ0v) is 14.3. The van der Waals surface area contributed by atoms with Gasteiger partial charge in [-0.3, -0.25) is 4.79 Å². The number of aromatic nitrogens is 1. The number of halogens is 3. The van der Waals surface area contributed by atoms with Crippen molar-refractivity contribution in [1.29, 1.82) is 0 Å². The molecule has 2 N–H and O–H groups in total. The zero-order valence-electron chi connectivity index (χ0n) is 12.8. The van der Waals surface area contributed by atoms with Crippen molar-refractivity contribution in [2.75, 3.05) is 36.4 Å². The standard InChI is InChI=1S/C16H16ClFN4O.ClH/c17-13-9-11(1-3-14(13)18)16(23)21-15-4-2-12(10-20-15)22-7-5-19-6-8-22;/h1-4,9-10,19H,5-8H2,(H,20,21,23);1H. The van der Waals surface area contributed by atoms with Gasteiger partial charge >= 0.3 is 0 Å². The number of amides is 1. The van der Waals surface area contributed by atoms with Crippen LogP contribution in [0, 0.1) is 5.82 Å². The molecular formula is C16H17Cl2FN4O. The number of anilines is 2. The maximum atomic E-state index is 13.1. The summed E-state index contributed by atoms with van der Waals surface area (Å²) in [5.74, 6) is -0.495. The molecule has 0 aliphatic carbocycles. The fourth-order valence-electron chi connectivity index (χ4n) is 2.40. The first kappa shape index (κ1) is 18.4. The lowest BCUT2D eigenvalue weighted by Crippen LogP contribution is -2.43. The van der Waals surface area contributed by atoms with Crippen molar-refractivity contribution < 1.29 is 9.18 Å². The molecule has 0 saturated carbocycles. The van der Waals surface area contributed by atoms with Crippen molar-refractivity contribution in [3.8, 4) is 0 Å². The van der Waals surface area contributed by atoms with Gasteiger partial charge in [0.1, 0.15) is 11.6 Å². The minimum absolute atomic E-state index is 0. The quantitative estimate of drug-likeness (QED) is 0.871. The van der Waals surface area contributed by atoms with Gasteiger partial charge in [0.2, 0.25) is 0 Å². The summed E-state index contributed by atoms with van der Waals surface area (Å²) in [6, 6.07) is 7.51. The highest BCUT2D eigenvalue weighted by Gasteiger charge is 2.12. The van der Waals surface area contributed by atoms with Gasteiger partial charge in [-0.05, 0) is 30.3 Å². The number of nitrogens with one attached hydrogen (secondary N) is 2. The minimum atomic E-state index is -0.554. The van der Waals surface area contributed by atoms with Crippen LogP contribution in [0.25, 0.3) is 0 Å². The second-order valence-corrected chi connectivity index (χ2v) is 5.63. The Morgan fingerprint density at radius 2 is 2.00 bits per heavy atom. The van der Waals surface area contributed by atoms with Gasteiger partial charge in [0, 0.05) is 31.7 Å². The summed E-state index contributed by atoms with van der Waals surface area (Å²) in [6.45, 7) is 3.76. The Labute approximate surface area is 150 Å². The molecule has 0 spiro atoms. The topological polar surface area (TPSA) is 57.3 Å². The summed E-state index contributed by atoms with van der Waals surface area (Å²) >= 11 is 5.69. The van der Waals surface area contributed by atoms with Gasteiger partial charge in [-0.2, -0.15) is 0 Å². The van der Waals surface area contributed by atoms with Crippen molar-refractivity contribution in [2.24, 2.45) is 0 Å². The SMILES string of the molecule is Cl.O=C(Nc1ccc(N2CCNCC2)cn1)c1ccc(F)c(Cl)c1. The van der Waals surface area contributed by atoms with Crippen LogP contribution < -0.4 is 15.5 Å². The molecule has 128 valence electrons. The van der Waals surface area contributed by atoms with E-state index in [4.69, 9.17) is 11.6 Å². The van der Waals surface area contributed by atoms with E-state index in [2.05, 4.69) is 20.5 Å². The predicted molar refractivity (Wildman–Crippen MR) is 95.9 cm³/mol. The average Bonchev–Trinajstić information content (AvgIpc) is 2.59. The van der Waals surface area contributed by atoms with Crippen LogP contribution in [0.4, 0.5) is 15.9 Å². The molecule has 1 aromatic carbocycles. The van der Waals surface area contributed by atoms with Gasteiger partial charge in [-0.15, -0.1) is 12.4 Å². The van der Waals surface area contributed by atoms with E-state index in [1.54, 1.807) is 12.3 Å². The second kappa shape index (κ2) is 8.28. The Balaban J connectivity index is 0.00000208. The van der Waals surface area contributed by atoms with Gasteiger partial charge in [0.05, 0.1) is 16.9 Å². The van der Waals surface area contributed by atoms with Crippen LogP contribution in [0.3, 0.4) is 0 Å². The molecule has 1 amide bonds. The number of carbonyl (C=O) groups excluding carboxylic acids is 1. The lowest BCUT2D eigenvalue weighted by molar-refractivity contribution is 0.102. The van der Waals surface area contributed by atoms with Gasteiger partial charge < -0.3 is 15.5 Å². The Hall–Kier alpha value is -1.89. The molecule has 3 rings (SSSR count). The van der Waals surface area contributed by atoms with Crippen LogP contribution in [0.5, 0.6) is 0 Å². The third-order valence-corrected chi connectivity index (χ3v) is 3.94. The summed E-state index contributed by atoms with van der Waals surface area (Å²) in [4.78, 5) is 18.6. The van der Waals surface area contributed by atoms with Crippen molar-refractivity contribution in [2.45, 2.75) is 0 Å². The highest BCUT2D eigenvalue weighted by atomic mass is 35.5. The Bertz CT molecular complexity index is 706. The zero-order chi connectivity index (χ0) is 16.2. The smallest absolute Gasteiger partial charge is 0.256 e. The Morgan fingerprint density at radius 3 is 2.62 bits per heavy atom. The number of pyridine rings is 1. The third-order valence-electron chi connectivity index (χ3n) is 3.65. The van der Waals surface area contributed by atoms with Crippen LogP contribution in [0.2, 0.25) is 5.02 Å². The van der Waals surface area contributed by atoms with Gasteiger partial charge in [-0.25, -0.2) is 9.37 Å². The number of benzene rings is 1. The first-order valence-corrected chi connectivity index (χ1v) is 7.69. The Morgan fingerprint density at radius 1 is 1.25 bits per heavy atom. The lowest BCUT2D eigenvalue weighted by atomic mass is 10.2. The molecule has 5 nitrogen and oxygen atoms in total. The molecule has 0 bridgehead atoms. The van der Waals surface area contributed by atoms with Crippen LogP contribution >= 0.6 is 24.0 Å². The lowest BCUT2D eigenvalue weighted by Gasteiger charge is -2.29. The molecule has 2 aromatic rings. The molecule has 0 radical (unpaired) electrons. The summed E-state index contributed by atoms with van der Waals surface area (Å²) in [5.41, 5.74) is 1.30. The fraction of sp³-hybridized carbons (Fsp3) is 0.250. The van der Waals surface area contributed by atoms with E-state index >= 15 is 0 Å². The molecule has 24 heavy (non-hydrogen) atoms. The molecule has 1 aromatic heterocycles. The second-order valence-electron chi connectivity index (χ2n) is 5.22. The van der Waals surface area contributed by atoms with Crippen molar-refractivity contribution >= 4 is 41.4 Å². The third kappa shape index (κ3) is 4.35. The van der Waals surface area contributed by atoms with Gasteiger partial charge in [-0.1, -0.05) is 11.6 Å². The van der Waals surface area contributed by atoms with Crippen molar-refractivity contribution in [3.05, 3.63) is 52.9 Å². The van der Waals surface area contributed by atoms with E-state index in [1.165, 1.54) is 12.1 Å². The van der Waals surface area contributed by atoms with Crippen molar-refractivity contribution in [3.63, 3.8) is 0 Å². The average molecular weight is 371 g/mol. The maximum Gasteiger partial charge on any atom is 0.256 e. The van der Waals surface area contributed by atoms with E-state index in [0.717, 1.165) is 37.9 Å². The van der Waals surface area contributed by atoms with Crippen LogP contribution in [0.15, 0.2) is 36.5 Å². The number of carbonyl (C=O) groups is 1. The first-order chi connectivity index (χ1) is 11.1. The molecule has 1 saturated heterocycles. The maximum absolute atomic E-state index is 13.1. The van der Waals surface area contributed by atoms with Gasteiger partial charge in [0.25, 0.3) is 5.91 Å². The van der Waals surface area contributed by atoms with Crippen LogP contribution in [0.1, 0.15) is 10.4 Å². The fourth-order valence-corrected chi connectivity index (χ4v) is 2.58. The molecule has 0 unspecified atom stereocenters. The van der Waals surface area contributed by atoms with Crippen LogP contribution in [-0.2, 0) is 0 Å². The first-order valence-electron chi connectivity index (χ1n) is 7.31. The summed E-state index contributed by atoms with van der Waals surface area (Å²) in [5, 5.41) is 5.88. The molecule has 1 aliphatic heterocycles. The highest BCUT2D eigenvalue weighted by Crippen LogP contribution is 2.18. The number of piperazine rings is 1. The van der Waals surface area contributed by atoms with E-state index in [1.807, 2.05) is 6.07 Å². The summed E-state index contributed by atoms with van der Waals surface area (Å²) < 4.78 is 13.1. The van der Waals surface area contributed by atoms with Gasteiger partial charge in [0.15, 0.2) is 0 Å². The largest absolute Gasteiger partial charge is 0.368 e. The molecular weight excluding hydrogens is 354 g/mol. The van der Waals surface area contributed by atoms with Crippen molar-refractivity contribution in [1.82, 2.24) is 10.3 Å². The minimum Gasteiger partial charge on any atom is -0.368 e. The Kier molecular flexibility index (Phi) is 6.36. The molecule has 1 fully saturated rings. The summed E-state index contributed by atoms with van der Waals surface area (Å²) in [7, 11) is 0. The summed E-state index contributed by atoms with van der Waals surface area (Å²) in [6.07, 6.45) is 1.73. The normalized spacial score (nSPS) is 14.0. The number of hydrogen-bond acceptors (Lipinski definition) is 4. The van der Waals surface area contributed by atoms with E-state index in [0.29, 0.717) is 5.82 Å². The monoisotopic (exact) mass is 370 g/mol. The molecule has 0 atom stereocenters. The number of nitrogens with zero attached hydrogens (tertiary/aromatic N) is 2. The van der Waals surface area contributed by atoms with E-state index in [9.17, 15) is 9.18 Å². The number of hydrogen-bond donors (Lipinski definition) is 2. The molecule has 2 heterocycles. The molecule has 8 heteroatoms. The van der Waals surface area contributed by atoms with E-state index in [-0.39, 0.29) is 28.9 Å².